The lowest BCUT2D eigenvalue weighted by atomic mass is 11.9. The predicted octanol–water partition coefficient (Wildman–Crippen LogP) is 3.13. The fourth-order valence-corrected chi connectivity index (χ4v) is 0. The summed E-state index contributed by atoms with van der Waals surface area (Å²) in [4.78, 5) is 0. The quantitative estimate of drug-likeness (QED) is 0.446. The summed E-state index contributed by atoms with van der Waals surface area (Å²) in [5.41, 5.74) is 0. The zero-order chi connectivity index (χ0) is 4.28. The molecule has 0 aromatic heterocycles. The van der Waals surface area contributed by atoms with E-state index < -0.39 is 6.63 Å². The van der Waals surface area contributed by atoms with Gasteiger partial charge in [0.15, 0.2) is 0 Å². The van der Waals surface area contributed by atoms with Crippen molar-refractivity contribution in [2.75, 3.05) is 5.07 Å². The highest BCUT2D eigenvalue weighted by Gasteiger charge is 1.88. The van der Waals surface area contributed by atoms with E-state index in [4.69, 9.17) is 22.5 Å². The van der Waals surface area contributed by atoms with Gasteiger partial charge in [-0.1, -0.05) is 38.4 Å². The highest BCUT2D eigenvalue weighted by atomic mass is 79.9. The lowest BCUT2D eigenvalue weighted by molar-refractivity contribution is 2.35. The van der Waals surface area contributed by atoms with Crippen LogP contribution in [0.5, 0.6) is 0 Å². The van der Waals surface area contributed by atoms with Gasteiger partial charge in [-0.15, -0.1) is 0 Å². The maximum Gasteiger partial charge on any atom is 0.0961 e. The van der Waals surface area contributed by atoms with Crippen molar-refractivity contribution in [3.8, 4) is 0 Å². The van der Waals surface area contributed by atoms with E-state index in [1.807, 2.05) is 0 Å². The zero-order valence-electron chi connectivity index (χ0n) is 2.29. The summed E-state index contributed by atoms with van der Waals surface area (Å²) < 4.78 is 0. The van der Waals surface area contributed by atoms with Gasteiger partial charge in [0.2, 0.25) is 0 Å². The molecule has 0 radical (unpaired) electrons. The van der Waals surface area contributed by atoms with Crippen molar-refractivity contribution >= 4 is 45.0 Å². The molecule has 0 nitrogen and oxygen atoms in total. The minimum atomic E-state index is -0.737. The molecule has 0 aromatic carbocycles. The molecule has 0 saturated heterocycles. The van der Waals surface area contributed by atoms with Gasteiger partial charge in [0.05, 0.1) is 11.7 Å². The van der Waals surface area contributed by atoms with Gasteiger partial charge in [0.1, 0.15) is 0 Å². The van der Waals surface area contributed by atoms with E-state index in [1.165, 1.54) is 0 Å². The SMILES string of the molecule is ClP(Cl)CBr. The molecule has 0 fully saturated rings. The number of rotatable bonds is 1. The maximum absolute atomic E-state index is 5.25. The summed E-state index contributed by atoms with van der Waals surface area (Å²) in [5, 5.41) is 0.714. The molecule has 0 aliphatic carbocycles. The second kappa shape index (κ2) is 3.67. The standard InChI is InChI=1S/CH2BrCl2P/c2-1-5(3)4/h1H2. The lowest BCUT2D eigenvalue weighted by Gasteiger charge is -1.82. The van der Waals surface area contributed by atoms with Gasteiger partial charge >= 0.3 is 0 Å². The molecule has 0 saturated carbocycles. The number of hydrogen-bond donors (Lipinski definition) is 0. The number of alkyl halides is 1. The Hall–Kier alpha value is 1.49. The molecule has 0 N–H and O–H groups in total. The molecule has 0 bridgehead atoms. The Bertz CT molecular complexity index is 23.6. The molecule has 0 heterocycles. The third kappa shape index (κ3) is 5.49. The fraction of sp³-hybridized carbons (Fsp3) is 1.00. The van der Waals surface area contributed by atoms with Gasteiger partial charge in [-0.3, -0.25) is 0 Å². The van der Waals surface area contributed by atoms with Crippen LogP contribution >= 0.6 is 45.0 Å². The highest BCUT2D eigenvalue weighted by Crippen LogP contribution is 2.47. The first-order chi connectivity index (χ1) is 2.27. The second-order valence-corrected chi connectivity index (χ2v) is 5.74. The van der Waals surface area contributed by atoms with Crippen LogP contribution in [0.1, 0.15) is 0 Å². The smallest absolute Gasteiger partial charge is 0.0852 e. The molecule has 0 amide bonds. The molecule has 5 heavy (non-hydrogen) atoms. The largest absolute Gasteiger partial charge is 0.0961 e. The Morgan fingerprint density at radius 1 is 1.60 bits per heavy atom. The van der Waals surface area contributed by atoms with Gasteiger partial charge in [-0.2, -0.15) is 0 Å². The molecule has 0 atom stereocenters. The third-order valence-corrected chi connectivity index (χ3v) is 4.23. The molecular formula is CH2BrCl2P. The summed E-state index contributed by atoms with van der Waals surface area (Å²) in [6.07, 6.45) is 0. The van der Waals surface area contributed by atoms with E-state index in [0.717, 1.165) is 0 Å². The van der Waals surface area contributed by atoms with E-state index in [1.54, 1.807) is 0 Å². The second-order valence-electron chi connectivity index (χ2n) is 0.422. The molecule has 0 unspecified atom stereocenters. The first-order valence-corrected chi connectivity index (χ1v) is 5.38. The van der Waals surface area contributed by atoms with E-state index in [-0.39, 0.29) is 0 Å². The summed E-state index contributed by atoms with van der Waals surface area (Å²) >= 11 is 13.6. The average molecular weight is 196 g/mol. The first kappa shape index (κ1) is 6.49. The van der Waals surface area contributed by atoms with Crippen molar-refractivity contribution in [1.29, 1.82) is 0 Å². The molecule has 32 valence electrons. The minimum Gasteiger partial charge on any atom is -0.0852 e. The zero-order valence-corrected chi connectivity index (χ0v) is 6.28. The molecule has 0 aliphatic heterocycles. The van der Waals surface area contributed by atoms with Gasteiger partial charge in [-0.05, 0) is 0 Å². The highest BCUT2D eigenvalue weighted by molar-refractivity contribution is 9.10. The molecule has 0 aliphatic rings. The van der Waals surface area contributed by atoms with Crippen LogP contribution in [0.3, 0.4) is 0 Å². The molecule has 0 aromatic rings. The van der Waals surface area contributed by atoms with Crippen LogP contribution in [0.4, 0.5) is 0 Å². The fourth-order valence-electron chi connectivity index (χ4n) is 0. The van der Waals surface area contributed by atoms with Crippen LogP contribution in [0, 0.1) is 0 Å². The lowest BCUT2D eigenvalue weighted by Crippen LogP contribution is -1.41. The first-order valence-electron chi connectivity index (χ1n) is 0.922. The van der Waals surface area contributed by atoms with E-state index in [9.17, 15) is 0 Å². The molecule has 4 heteroatoms. The van der Waals surface area contributed by atoms with Crippen LogP contribution in [0.2, 0.25) is 0 Å². The van der Waals surface area contributed by atoms with Gasteiger partial charge < -0.3 is 0 Å². The normalized spacial score (nSPS) is 9.60. The summed E-state index contributed by atoms with van der Waals surface area (Å²) in [5.74, 6) is 0. The van der Waals surface area contributed by atoms with Crippen molar-refractivity contribution in [2.45, 2.75) is 0 Å². The van der Waals surface area contributed by atoms with Crippen molar-refractivity contribution in [3.05, 3.63) is 0 Å². The summed E-state index contributed by atoms with van der Waals surface area (Å²) in [6, 6.07) is 0. The van der Waals surface area contributed by atoms with Crippen molar-refractivity contribution in [3.63, 3.8) is 0 Å². The van der Waals surface area contributed by atoms with Crippen molar-refractivity contribution < 1.29 is 0 Å². The summed E-state index contributed by atoms with van der Waals surface area (Å²) in [6.45, 7) is -0.737. The van der Waals surface area contributed by atoms with Crippen LogP contribution in [-0.2, 0) is 0 Å². The molecular weight excluding hydrogens is 194 g/mol. The van der Waals surface area contributed by atoms with Gasteiger partial charge in [0, 0.05) is 0 Å². The van der Waals surface area contributed by atoms with Crippen molar-refractivity contribution in [2.24, 2.45) is 0 Å². The van der Waals surface area contributed by atoms with E-state index in [2.05, 4.69) is 15.9 Å². The monoisotopic (exact) mass is 194 g/mol. The third-order valence-electron chi connectivity index (χ3n) is 0.0904. The van der Waals surface area contributed by atoms with Crippen molar-refractivity contribution in [1.82, 2.24) is 0 Å². The van der Waals surface area contributed by atoms with Gasteiger partial charge in [-0.25, -0.2) is 0 Å². The summed E-state index contributed by atoms with van der Waals surface area (Å²) in [7, 11) is 0. The Kier molecular flexibility index (Phi) is 4.77. The van der Waals surface area contributed by atoms with Crippen LogP contribution in [0.15, 0.2) is 0 Å². The average Bonchev–Trinajstić information content (AvgIpc) is 1.38. The van der Waals surface area contributed by atoms with E-state index in [0.29, 0.717) is 5.07 Å². The topological polar surface area (TPSA) is 0 Å². The predicted molar refractivity (Wildman–Crippen MR) is 32.4 cm³/mol. The Labute approximate surface area is 50.3 Å². The van der Waals surface area contributed by atoms with Gasteiger partial charge in [0.25, 0.3) is 0 Å². The Morgan fingerprint density at radius 3 is 1.80 bits per heavy atom. The number of halogens is 3. The molecule has 0 spiro atoms. The van der Waals surface area contributed by atoms with Crippen LogP contribution in [0.25, 0.3) is 0 Å². The number of hydrogen-bond acceptors (Lipinski definition) is 0. The maximum atomic E-state index is 5.25. The minimum absolute atomic E-state index is 0.714. The Morgan fingerprint density at radius 2 is 1.80 bits per heavy atom. The van der Waals surface area contributed by atoms with Crippen LogP contribution in [-0.4, -0.2) is 5.07 Å². The Balaban J connectivity index is 2.54. The van der Waals surface area contributed by atoms with Crippen LogP contribution < -0.4 is 0 Å². The van der Waals surface area contributed by atoms with E-state index >= 15 is 0 Å². The molecule has 0 rings (SSSR count).